The van der Waals surface area contributed by atoms with Crippen LogP contribution in [0.5, 0.6) is 0 Å². The van der Waals surface area contributed by atoms with Crippen molar-refractivity contribution in [2.75, 3.05) is 11.4 Å². The van der Waals surface area contributed by atoms with Gasteiger partial charge in [0.05, 0.1) is 16.5 Å². The van der Waals surface area contributed by atoms with Gasteiger partial charge in [0.25, 0.3) is 5.89 Å². The van der Waals surface area contributed by atoms with E-state index < -0.39 is 5.83 Å². The van der Waals surface area contributed by atoms with Crippen LogP contribution >= 0.6 is 11.3 Å². The predicted octanol–water partition coefficient (Wildman–Crippen LogP) is 6.96. The fourth-order valence-electron chi connectivity index (χ4n) is 4.17. The second-order valence-electron chi connectivity index (χ2n) is 9.60. The molecule has 0 spiro atoms. The van der Waals surface area contributed by atoms with Gasteiger partial charge in [-0.2, -0.15) is 4.98 Å². The van der Waals surface area contributed by atoms with Crippen LogP contribution < -0.4 is 4.90 Å². The highest BCUT2D eigenvalue weighted by Crippen LogP contribution is 2.40. The number of amides is 1. The highest BCUT2D eigenvalue weighted by molar-refractivity contribution is 7.09. The lowest BCUT2D eigenvalue weighted by atomic mass is 10.1. The molecular weight excluding hydrogens is 463 g/mol. The van der Waals surface area contributed by atoms with Gasteiger partial charge in [-0.25, -0.2) is 9.37 Å². The molecular formula is C27H31FN4O2S. The van der Waals surface area contributed by atoms with Crippen molar-refractivity contribution >= 4 is 22.9 Å². The summed E-state index contributed by atoms with van der Waals surface area (Å²) in [4.78, 5) is 24.1. The van der Waals surface area contributed by atoms with Crippen molar-refractivity contribution in [1.82, 2.24) is 15.1 Å². The average molecular weight is 495 g/mol. The Hall–Kier alpha value is -2.87. The lowest BCUT2D eigenvalue weighted by molar-refractivity contribution is -0.118. The maximum absolute atomic E-state index is 13.3. The van der Waals surface area contributed by atoms with Crippen molar-refractivity contribution in [3.05, 3.63) is 58.6 Å². The van der Waals surface area contributed by atoms with Crippen LogP contribution in [0.15, 0.2) is 46.6 Å². The van der Waals surface area contributed by atoms with Crippen molar-refractivity contribution in [2.45, 2.75) is 76.0 Å². The quantitative estimate of drug-likeness (QED) is 0.240. The van der Waals surface area contributed by atoms with Crippen molar-refractivity contribution in [3.8, 4) is 11.5 Å². The van der Waals surface area contributed by atoms with E-state index in [4.69, 9.17) is 9.51 Å². The van der Waals surface area contributed by atoms with Crippen LogP contribution in [-0.2, 0) is 11.2 Å². The molecule has 8 heteroatoms. The molecule has 0 atom stereocenters. The molecule has 2 aliphatic rings. The number of rotatable bonds is 13. The summed E-state index contributed by atoms with van der Waals surface area (Å²) in [7, 11) is 0. The third-order valence-corrected chi connectivity index (χ3v) is 7.46. The van der Waals surface area contributed by atoms with Crippen LogP contribution in [0.3, 0.4) is 0 Å². The summed E-state index contributed by atoms with van der Waals surface area (Å²) >= 11 is 1.76. The topological polar surface area (TPSA) is 72.1 Å². The number of hydrogen-bond donors (Lipinski definition) is 0. The van der Waals surface area contributed by atoms with Gasteiger partial charge in [-0.05, 0) is 63.1 Å². The van der Waals surface area contributed by atoms with Crippen LogP contribution in [0.2, 0.25) is 0 Å². The molecule has 1 amide bonds. The van der Waals surface area contributed by atoms with Gasteiger partial charge in [-0.1, -0.05) is 24.2 Å². The summed E-state index contributed by atoms with van der Waals surface area (Å²) in [6.07, 6.45) is 8.75. The number of allylic oxidation sites excluding steroid dienone is 1. The normalized spacial score (nSPS) is 15.3. The molecule has 0 radical (unpaired) electrons. The Morgan fingerprint density at radius 3 is 2.71 bits per heavy atom. The van der Waals surface area contributed by atoms with Crippen molar-refractivity contribution in [2.24, 2.45) is 0 Å². The Morgan fingerprint density at radius 1 is 1.11 bits per heavy atom. The van der Waals surface area contributed by atoms with E-state index in [1.807, 2.05) is 24.3 Å². The van der Waals surface area contributed by atoms with Crippen molar-refractivity contribution < 1.29 is 13.7 Å². The standard InChI is InChI=1S/C27H31FN4O2S/c1-18(28)9-14-25(33)32(15-4-2-3-8-24-29-23(17-35-24)19-10-11-19)22-7-5-6-21(16-22)27-30-26(31-34-27)20-12-13-20/h5-7,16-17,19-20H,1-4,8-15H2. The second-order valence-corrected chi connectivity index (χ2v) is 10.5. The minimum atomic E-state index is -0.473. The predicted molar refractivity (Wildman–Crippen MR) is 135 cm³/mol. The number of hydrogen-bond acceptors (Lipinski definition) is 6. The molecule has 2 aromatic heterocycles. The molecule has 2 saturated carbocycles. The molecule has 2 fully saturated rings. The molecule has 2 heterocycles. The number of halogens is 1. The number of benzene rings is 1. The fraction of sp³-hybridized carbons (Fsp3) is 0.481. The molecule has 5 rings (SSSR count). The molecule has 184 valence electrons. The van der Waals surface area contributed by atoms with Gasteiger partial charge in [0.1, 0.15) is 0 Å². The van der Waals surface area contributed by atoms with E-state index in [0.717, 1.165) is 55.6 Å². The van der Waals surface area contributed by atoms with Crippen molar-refractivity contribution in [1.29, 1.82) is 0 Å². The molecule has 1 aromatic carbocycles. The van der Waals surface area contributed by atoms with Crippen LogP contribution in [0.4, 0.5) is 10.1 Å². The second kappa shape index (κ2) is 10.8. The molecule has 0 N–H and O–H groups in total. The first-order valence-corrected chi connectivity index (χ1v) is 13.5. The molecule has 0 aliphatic heterocycles. The minimum Gasteiger partial charge on any atom is -0.334 e. The SMILES string of the molecule is C=C(F)CCC(=O)N(CCCCCc1nc(C2CC2)cs1)c1cccc(-c2nc(C3CC3)no2)c1. The number of carbonyl (C=O) groups excluding carboxylic acids is 1. The number of aryl methyl sites for hydroxylation is 1. The van der Waals surface area contributed by atoms with E-state index in [-0.39, 0.29) is 18.7 Å². The minimum absolute atomic E-state index is 0.0385. The Bertz CT molecular complexity index is 1180. The maximum Gasteiger partial charge on any atom is 0.258 e. The number of carbonyl (C=O) groups is 1. The third-order valence-electron chi connectivity index (χ3n) is 6.54. The lowest BCUT2D eigenvalue weighted by Crippen LogP contribution is -2.31. The van der Waals surface area contributed by atoms with E-state index in [1.165, 1.54) is 23.5 Å². The number of nitrogens with zero attached hydrogens (tertiary/aromatic N) is 4. The summed E-state index contributed by atoms with van der Waals surface area (Å²) in [6.45, 7) is 3.87. The largest absolute Gasteiger partial charge is 0.334 e. The fourth-order valence-corrected chi connectivity index (χ4v) is 5.09. The van der Waals surface area contributed by atoms with Crippen LogP contribution in [-0.4, -0.2) is 27.6 Å². The lowest BCUT2D eigenvalue weighted by Gasteiger charge is -2.23. The summed E-state index contributed by atoms with van der Waals surface area (Å²) in [5.74, 6) is 1.74. The summed E-state index contributed by atoms with van der Waals surface area (Å²) in [6, 6.07) is 7.60. The molecule has 6 nitrogen and oxygen atoms in total. The smallest absolute Gasteiger partial charge is 0.258 e. The molecule has 0 saturated heterocycles. The third kappa shape index (κ3) is 6.42. The zero-order chi connectivity index (χ0) is 24.2. The number of thiazole rings is 1. The maximum atomic E-state index is 13.3. The number of aromatic nitrogens is 3. The van der Waals surface area contributed by atoms with Gasteiger partial charge in [0.15, 0.2) is 5.82 Å². The van der Waals surface area contributed by atoms with Gasteiger partial charge in [-0.15, -0.1) is 11.3 Å². The summed E-state index contributed by atoms with van der Waals surface area (Å²) in [5.41, 5.74) is 2.81. The summed E-state index contributed by atoms with van der Waals surface area (Å²) in [5, 5.41) is 7.51. The number of anilines is 1. The molecule has 2 aliphatic carbocycles. The summed E-state index contributed by atoms with van der Waals surface area (Å²) < 4.78 is 18.7. The molecule has 0 unspecified atom stereocenters. The molecule has 3 aromatic rings. The van der Waals surface area contributed by atoms with E-state index in [0.29, 0.717) is 24.3 Å². The highest BCUT2D eigenvalue weighted by Gasteiger charge is 2.29. The Kier molecular flexibility index (Phi) is 7.37. The molecule has 35 heavy (non-hydrogen) atoms. The monoisotopic (exact) mass is 494 g/mol. The first-order chi connectivity index (χ1) is 17.1. The van der Waals surface area contributed by atoms with E-state index in [1.54, 1.807) is 16.2 Å². The van der Waals surface area contributed by atoms with E-state index in [2.05, 4.69) is 22.1 Å². The first kappa shape index (κ1) is 23.9. The zero-order valence-corrected chi connectivity index (χ0v) is 20.7. The number of unbranched alkanes of at least 4 members (excludes halogenated alkanes) is 2. The van der Waals surface area contributed by atoms with E-state index in [9.17, 15) is 9.18 Å². The zero-order valence-electron chi connectivity index (χ0n) is 19.9. The van der Waals surface area contributed by atoms with Crippen LogP contribution in [0.1, 0.15) is 86.1 Å². The van der Waals surface area contributed by atoms with Gasteiger partial charge < -0.3 is 9.42 Å². The van der Waals surface area contributed by atoms with Gasteiger partial charge in [-0.3, -0.25) is 4.79 Å². The Balaban J connectivity index is 1.21. The van der Waals surface area contributed by atoms with E-state index >= 15 is 0 Å². The first-order valence-electron chi connectivity index (χ1n) is 12.6. The van der Waals surface area contributed by atoms with Gasteiger partial charge >= 0.3 is 0 Å². The average Bonchev–Trinajstić information content (AvgIpc) is 3.80. The highest BCUT2D eigenvalue weighted by atomic mass is 32.1. The van der Waals surface area contributed by atoms with Crippen LogP contribution in [0, 0.1) is 0 Å². The van der Waals surface area contributed by atoms with Gasteiger partial charge in [0, 0.05) is 47.9 Å². The Morgan fingerprint density at radius 2 is 1.94 bits per heavy atom. The van der Waals surface area contributed by atoms with Crippen LogP contribution in [0.25, 0.3) is 11.5 Å². The van der Waals surface area contributed by atoms with Crippen molar-refractivity contribution in [3.63, 3.8) is 0 Å². The molecule has 0 bridgehead atoms. The Labute approximate surface area is 209 Å². The van der Waals surface area contributed by atoms with Gasteiger partial charge in [0.2, 0.25) is 5.91 Å².